The molecule has 13 heavy (non-hydrogen) atoms. The maximum Gasteiger partial charge on any atom is 0.131 e. The van der Waals surface area contributed by atoms with Gasteiger partial charge < -0.3 is 0 Å². The fourth-order valence-electron chi connectivity index (χ4n) is 0.975. The second-order valence-corrected chi connectivity index (χ2v) is 5.12. The van der Waals surface area contributed by atoms with Gasteiger partial charge in [0.25, 0.3) is 0 Å². The van der Waals surface area contributed by atoms with Gasteiger partial charge in [0.05, 0.1) is 0 Å². The molecule has 0 radical (unpaired) electrons. The van der Waals surface area contributed by atoms with E-state index in [4.69, 9.17) is 0 Å². The van der Waals surface area contributed by atoms with E-state index in [1.54, 1.807) is 6.07 Å². The van der Waals surface area contributed by atoms with Crippen molar-refractivity contribution in [3.05, 3.63) is 29.6 Å². The first kappa shape index (κ1) is 12.6. The molecule has 0 amide bonds. The van der Waals surface area contributed by atoms with Crippen LogP contribution in [0.3, 0.4) is 0 Å². The smallest absolute Gasteiger partial charge is 0.131 e. The average Bonchev–Trinajstić information content (AvgIpc) is 2.07. The molecule has 0 saturated carbocycles. The monoisotopic (exact) mass is 200 g/mol. The van der Waals surface area contributed by atoms with Gasteiger partial charge in [0.2, 0.25) is 0 Å². The van der Waals surface area contributed by atoms with Crippen molar-refractivity contribution in [2.75, 3.05) is 13.3 Å². The summed E-state index contributed by atoms with van der Waals surface area (Å²) in [6.07, 6.45) is 0. The van der Waals surface area contributed by atoms with Crippen molar-refractivity contribution in [2.45, 2.75) is 20.8 Å². The lowest BCUT2D eigenvalue weighted by Crippen LogP contribution is -2.04. The van der Waals surface area contributed by atoms with Crippen LogP contribution in [0, 0.1) is 12.7 Å². The zero-order chi connectivity index (χ0) is 10.4. The lowest BCUT2D eigenvalue weighted by molar-refractivity contribution is 0.635. The zero-order valence-corrected chi connectivity index (χ0v) is 9.95. The minimum atomic E-state index is -0.304. The molecule has 0 aromatic heterocycles. The number of halogens is 1. The fourth-order valence-corrected chi connectivity index (χ4v) is 1.84. The van der Waals surface area contributed by atoms with E-state index in [-0.39, 0.29) is 13.7 Å². The van der Waals surface area contributed by atoms with Crippen molar-refractivity contribution in [1.82, 2.24) is 0 Å². The number of rotatable bonds is 1. The van der Waals surface area contributed by atoms with E-state index in [2.05, 4.69) is 13.3 Å². The van der Waals surface area contributed by atoms with Gasteiger partial charge in [-0.3, -0.25) is 0 Å². The van der Waals surface area contributed by atoms with Crippen molar-refractivity contribution in [3.63, 3.8) is 0 Å². The summed E-state index contributed by atoms with van der Waals surface area (Å²) in [5.74, 6) is -0.0545. The third kappa shape index (κ3) is 3.87. The molecular weight excluding hydrogens is 182 g/mol. The van der Waals surface area contributed by atoms with Crippen LogP contribution in [0.1, 0.15) is 19.4 Å². The minimum absolute atomic E-state index is 0.0545. The highest BCUT2D eigenvalue weighted by atomic mass is 31.1. The van der Waals surface area contributed by atoms with Gasteiger partial charge in [-0.1, -0.05) is 33.9 Å². The van der Waals surface area contributed by atoms with Crippen LogP contribution in [0.5, 0.6) is 0 Å². The first-order valence-corrected chi connectivity index (χ1v) is 6.78. The number of benzene rings is 1. The summed E-state index contributed by atoms with van der Waals surface area (Å²) in [6.45, 7) is 10.0. The van der Waals surface area contributed by atoms with Gasteiger partial charge in [-0.2, -0.15) is 0 Å². The third-order valence-corrected chi connectivity index (χ3v) is 2.91. The number of hydrogen-bond donors (Lipinski definition) is 0. The molecule has 74 valence electrons. The van der Waals surface area contributed by atoms with Gasteiger partial charge in [0.15, 0.2) is 0 Å². The second kappa shape index (κ2) is 6.10. The molecule has 1 aromatic rings. The van der Waals surface area contributed by atoms with E-state index >= 15 is 0 Å². The molecule has 0 aliphatic carbocycles. The summed E-state index contributed by atoms with van der Waals surface area (Å²) in [5.41, 5.74) is 0.989. The van der Waals surface area contributed by atoms with E-state index in [0.29, 0.717) is 0 Å². The highest BCUT2D eigenvalue weighted by Crippen LogP contribution is 2.24. The summed E-state index contributed by atoms with van der Waals surface area (Å²) in [4.78, 5) is 0. The Labute approximate surface area is 81.9 Å². The number of hydrogen-bond acceptors (Lipinski definition) is 0. The highest BCUT2D eigenvalue weighted by Gasteiger charge is 2.04. The Hall–Kier alpha value is -0.420. The molecule has 0 nitrogen and oxygen atoms in total. The van der Waals surface area contributed by atoms with Gasteiger partial charge in [-0.05, 0) is 31.9 Å². The molecule has 2 heteroatoms. The first-order chi connectivity index (χ1) is 6.11. The van der Waals surface area contributed by atoms with Crippen LogP contribution in [0.15, 0.2) is 18.2 Å². The average molecular weight is 200 g/mol. The zero-order valence-electron chi connectivity index (χ0n) is 9.06. The Morgan fingerprint density at radius 3 is 2.08 bits per heavy atom. The quantitative estimate of drug-likeness (QED) is 0.608. The van der Waals surface area contributed by atoms with Crippen molar-refractivity contribution in [3.8, 4) is 0 Å². The van der Waals surface area contributed by atoms with Crippen LogP contribution in [-0.4, -0.2) is 13.3 Å². The Morgan fingerprint density at radius 2 is 1.69 bits per heavy atom. The molecule has 0 heterocycles. The Kier molecular flexibility index (Phi) is 5.90. The van der Waals surface area contributed by atoms with Crippen molar-refractivity contribution in [2.24, 2.45) is 0 Å². The maximum absolute atomic E-state index is 13.1. The molecule has 1 aromatic carbocycles. The predicted octanol–water partition coefficient (Wildman–Crippen LogP) is 3.53. The van der Waals surface area contributed by atoms with Crippen LogP contribution >= 0.6 is 7.92 Å². The van der Waals surface area contributed by atoms with Crippen LogP contribution in [-0.2, 0) is 0 Å². The standard InChI is InChI=1S/C9H12FP.C2H6/c1-7-4-5-9(11(2)3)8(10)6-7;1-2/h4-6H,1-3H3;1-2H3. The topological polar surface area (TPSA) is 0 Å². The second-order valence-electron chi connectivity index (χ2n) is 2.85. The third-order valence-electron chi connectivity index (χ3n) is 1.58. The van der Waals surface area contributed by atoms with Gasteiger partial charge in [-0.25, -0.2) is 4.39 Å². The summed E-state index contributed by atoms with van der Waals surface area (Å²) >= 11 is 0. The fraction of sp³-hybridized carbons (Fsp3) is 0.455. The maximum atomic E-state index is 13.1. The molecule has 0 fully saturated rings. The largest absolute Gasteiger partial charge is 0.206 e. The predicted molar refractivity (Wildman–Crippen MR) is 60.9 cm³/mol. The number of aryl methyl sites for hydroxylation is 1. The van der Waals surface area contributed by atoms with Crippen LogP contribution in [0.25, 0.3) is 0 Å². The van der Waals surface area contributed by atoms with E-state index in [1.165, 1.54) is 0 Å². The molecule has 0 bridgehead atoms. The van der Waals surface area contributed by atoms with E-state index in [9.17, 15) is 4.39 Å². The molecule has 0 N–H and O–H groups in total. The molecule has 1 rings (SSSR count). The first-order valence-electron chi connectivity index (χ1n) is 4.55. The van der Waals surface area contributed by atoms with Crippen LogP contribution in [0.4, 0.5) is 4.39 Å². The normalized spacial score (nSPS) is 9.46. The van der Waals surface area contributed by atoms with Crippen molar-refractivity contribution < 1.29 is 4.39 Å². The molecule has 0 aliphatic rings. The lowest BCUT2D eigenvalue weighted by Gasteiger charge is -2.06. The Balaban J connectivity index is 0.000000671. The van der Waals surface area contributed by atoms with Gasteiger partial charge in [-0.15, -0.1) is 0 Å². The van der Waals surface area contributed by atoms with Gasteiger partial charge in [0, 0.05) is 5.30 Å². The Bertz CT molecular complexity index is 256. The van der Waals surface area contributed by atoms with Crippen LogP contribution < -0.4 is 5.30 Å². The molecule has 0 saturated heterocycles. The van der Waals surface area contributed by atoms with Crippen LogP contribution in [0.2, 0.25) is 0 Å². The summed E-state index contributed by atoms with van der Waals surface area (Å²) in [6, 6.07) is 5.44. The van der Waals surface area contributed by atoms with E-state index < -0.39 is 0 Å². The van der Waals surface area contributed by atoms with Crippen molar-refractivity contribution >= 4 is 13.2 Å². The van der Waals surface area contributed by atoms with E-state index in [0.717, 1.165) is 10.9 Å². The van der Waals surface area contributed by atoms with E-state index in [1.807, 2.05) is 32.9 Å². The molecular formula is C11H18FP. The molecule has 0 unspecified atom stereocenters. The SMILES string of the molecule is CC.Cc1ccc(P(C)C)c(F)c1. The molecule has 0 aliphatic heterocycles. The summed E-state index contributed by atoms with van der Waals surface area (Å²) in [7, 11) is -0.304. The highest BCUT2D eigenvalue weighted by molar-refractivity contribution is 7.64. The molecule has 0 spiro atoms. The summed E-state index contributed by atoms with van der Waals surface area (Å²) < 4.78 is 13.1. The summed E-state index contributed by atoms with van der Waals surface area (Å²) in [5, 5.41) is 0.866. The van der Waals surface area contributed by atoms with Gasteiger partial charge in [0.1, 0.15) is 5.82 Å². The molecule has 0 atom stereocenters. The van der Waals surface area contributed by atoms with Gasteiger partial charge >= 0.3 is 0 Å². The lowest BCUT2D eigenvalue weighted by atomic mass is 10.2. The van der Waals surface area contributed by atoms with Crippen molar-refractivity contribution in [1.29, 1.82) is 0 Å². The minimum Gasteiger partial charge on any atom is -0.206 e. The Morgan fingerprint density at radius 1 is 1.15 bits per heavy atom.